The van der Waals surface area contributed by atoms with E-state index in [0.29, 0.717) is 19.4 Å². The largest absolute Gasteiger partial charge is 0.460 e. The number of ether oxygens (including phenoxy) is 1. The van der Waals surface area contributed by atoms with Gasteiger partial charge in [-0.3, -0.25) is 4.79 Å². The molecule has 0 rings (SSSR count). The third-order valence-electron chi connectivity index (χ3n) is 1.66. The van der Waals surface area contributed by atoms with E-state index >= 15 is 0 Å². The highest BCUT2D eigenvalue weighted by molar-refractivity contribution is 5.70. The monoisotopic (exact) mass is 217 g/mol. The average Bonchev–Trinajstić information content (AvgIpc) is 1.99. The second-order valence-electron chi connectivity index (χ2n) is 4.72. The average molecular weight is 217 g/mol. The van der Waals surface area contributed by atoms with Gasteiger partial charge in [0.25, 0.3) is 0 Å². The van der Waals surface area contributed by atoms with Crippen LogP contribution in [0, 0.1) is 0 Å². The van der Waals surface area contributed by atoms with Gasteiger partial charge in [0.2, 0.25) is 0 Å². The van der Waals surface area contributed by atoms with Crippen molar-refractivity contribution in [3.63, 3.8) is 0 Å². The van der Waals surface area contributed by atoms with Crippen LogP contribution in [0.3, 0.4) is 0 Å². The number of hydrogen-bond acceptors (Lipinski definition) is 4. The second-order valence-corrected chi connectivity index (χ2v) is 4.72. The third kappa shape index (κ3) is 11.3. The summed E-state index contributed by atoms with van der Waals surface area (Å²) >= 11 is 0. The summed E-state index contributed by atoms with van der Waals surface area (Å²) in [4.78, 5) is 11.2. The molecule has 4 heteroatoms. The van der Waals surface area contributed by atoms with E-state index in [1.54, 1.807) is 6.92 Å². The molecular weight excluding hydrogens is 194 g/mol. The van der Waals surface area contributed by atoms with E-state index in [9.17, 15) is 4.79 Å². The highest BCUT2D eigenvalue weighted by atomic mass is 16.6. The molecule has 0 spiro atoms. The molecule has 0 saturated carbocycles. The summed E-state index contributed by atoms with van der Waals surface area (Å²) in [6.45, 7) is 8.63. The Kier molecular flexibility index (Phi) is 6.52. The van der Waals surface area contributed by atoms with E-state index in [2.05, 4.69) is 5.32 Å². The van der Waals surface area contributed by atoms with Gasteiger partial charge < -0.3 is 15.2 Å². The topological polar surface area (TPSA) is 58.6 Å². The Morgan fingerprint density at radius 3 is 2.47 bits per heavy atom. The molecule has 4 nitrogen and oxygen atoms in total. The van der Waals surface area contributed by atoms with Crippen LogP contribution in [-0.4, -0.2) is 35.9 Å². The van der Waals surface area contributed by atoms with Crippen molar-refractivity contribution < 1.29 is 14.6 Å². The Morgan fingerprint density at radius 1 is 1.40 bits per heavy atom. The maximum atomic E-state index is 11.2. The maximum Gasteiger partial charge on any atom is 0.307 e. The molecular formula is C11H23NO3. The summed E-state index contributed by atoms with van der Waals surface area (Å²) in [5.41, 5.74) is -0.406. The van der Waals surface area contributed by atoms with Gasteiger partial charge in [0.05, 0.1) is 12.5 Å². The van der Waals surface area contributed by atoms with Gasteiger partial charge in [0, 0.05) is 6.54 Å². The van der Waals surface area contributed by atoms with E-state index in [0.717, 1.165) is 6.54 Å². The van der Waals surface area contributed by atoms with Crippen molar-refractivity contribution in [3.05, 3.63) is 0 Å². The zero-order chi connectivity index (χ0) is 11.9. The fourth-order valence-corrected chi connectivity index (χ4v) is 1.02. The van der Waals surface area contributed by atoms with Gasteiger partial charge in [-0.2, -0.15) is 0 Å². The lowest BCUT2D eigenvalue weighted by atomic mass is 10.2. The molecule has 0 fully saturated rings. The van der Waals surface area contributed by atoms with E-state index in [1.165, 1.54) is 0 Å². The number of esters is 1. The molecule has 0 heterocycles. The summed E-state index contributed by atoms with van der Waals surface area (Å²) in [5.74, 6) is -0.188. The molecule has 0 aromatic heterocycles. The standard InChI is InChI=1S/C11H23NO3/c1-9(13)5-7-12-8-6-10(14)15-11(2,3)4/h9,12-13H,5-8H2,1-4H3. The number of carbonyl (C=O) groups excluding carboxylic acids is 1. The molecule has 0 aromatic carbocycles. The molecule has 0 radical (unpaired) electrons. The molecule has 1 unspecified atom stereocenters. The lowest BCUT2D eigenvalue weighted by molar-refractivity contribution is -0.154. The number of hydrogen-bond donors (Lipinski definition) is 2. The summed E-state index contributed by atoms with van der Waals surface area (Å²) < 4.78 is 5.14. The lowest BCUT2D eigenvalue weighted by Gasteiger charge is -2.19. The van der Waals surface area contributed by atoms with Gasteiger partial charge >= 0.3 is 5.97 Å². The van der Waals surface area contributed by atoms with Crippen LogP contribution < -0.4 is 5.32 Å². The van der Waals surface area contributed by atoms with E-state index in [1.807, 2.05) is 20.8 Å². The minimum Gasteiger partial charge on any atom is -0.460 e. The van der Waals surface area contributed by atoms with Crippen LogP contribution in [-0.2, 0) is 9.53 Å². The van der Waals surface area contributed by atoms with Gasteiger partial charge in [0.15, 0.2) is 0 Å². The van der Waals surface area contributed by atoms with Crippen molar-refractivity contribution in [2.75, 3.05) is 13.1 Å². The third-order valence-corrected chi connectivity index (χ3v) is 1.66. The Bertz CT molecular complexity index is 185. The number of rotatable bonds is 6. The van der Waals surface area contributed by atoms with Crippen molar-refractivity contribution in [2.45, 2.75) is 52.2 Å². The minimum atomic E-state index is -0.406. The Labute approximate surface area is 92.0 Å². The van der Waals surface area contributed by atoms with Gasteiger partial charge in [-0.15, -0.1) is 0 Å². The van der Waals surface area contributed by atoms with Crippen molar-refractivity contribution in [1.29, 1.82) is 0 Å². The predicted octanol–water partition coefficient (Wildman–Crippen LogP) is 1.08. The van der Waals surface area contributed by atoms with E-state index in [4.69, 9.17) is 9.84 Å². The highest BCUT2D eigenvalue weighted by Gasteiger charge is 2.15. The molecule has 0 aliphatic carbocycles. The molecule has 0 aliphatic heterocycles. The van der Waals surface area contributed by atoms with Crippen molar-refractivity contribution >= 4 is 5.97 Å². The first-order valence-corrected chi connectivity index (χ1v) is 5.42. The van der Waals surface area contributed by atoms with Gasteiger partial charge in [-0.1, -0.05) is 0 Å². The van der Waals surface area contributed by atoms with Crippen LogP contribution in [0.25, 0.3) is 0 Å². The van der Waals surface area contributed by atoms with Crippen molar-refractivity contribution in [2.24, 2.45) is 0 Å². The summed E-state index contributed by atoms with van der Waals surface area (Å²) in [6.07, 6.45) is 0.782. The van der Waals surface area contributed by atoms with Gasteiger partial charge in [-0.25, -0.2) is 0 Å². The van der Waals surface area contributed by atoms with Crippen LogP contribution in [0.15, 0.2) is 0 Å². The number of carbonyl (C=O) groups is 1. The Hall–Kier alpha value is -0.610. The summed E-state index contributed by atoms with van der Waals surface area (Å²) in [5, 5.41) is 12.1. The van der Waals surface area contributed by atoms with Crippen LogP contribution in [0.1, 0.15) is 40.5 Å². The summed E-state index contributed by atoms with van der Waals surface area (Å²) in [7, 11) is 0. The number of nitrogens with one attached hydrogen (secondary N) is 1. The zero-order valence-electron chi connectivity index (χ0n) is 10.2. The molecule has 1 atom stereocenters. The fraction of sp³-hybridized carbons (Fsp3) is 0.909. The van der Waals surface area contributed by atoms with Crippen molar-refractivity contribution in [1.82, 2.24) is 5.32 Å². The van der Waals surface area contributed by atoms with Gasteiger partial charge in [-0.05, 0) is 40.7 Å². The Balaban J connectivity index is 3.40. The molecule has 0 aromatic rings. The minimum absolute atomic E-state index is 0.188. The SMILES string of the molecule is CC(O)CCNCCC(=O)OC(C)(C)C. The fourth-order valence-electron chi connectivity index (χ4n) is 1.02. The zero-order valence-corrected chi connectivity index (χ0v) is 10.2. The first-order chi connectivity index (χ1) is 6.81. The smallest absolute Gasteiger partial charge is 0.307 e. The number of aliphatic hydroxyl groups is 1. The van der Waals surface area contributed by atoms with Crippen molar-refractivity contribution in [3.8, 4) is 0 Å². The molecule has 0 saturated heterocycles. The van der Waals surface area contributed by atoms with Crippen LogP contribution in [0.2, 0.25) is 0 Å². The molecule has 0 bridgehead atoms. The maximum absolute atomic E-state index is 11.2. The van der Waals surface area contributed by atoms with E-state index in [-0.39, 0.29) is 12.1 Å². The molecule has 2 N–H and O–H groups in total. The molecule has 0 aliphatic rings. The predicted molar refractivity (Wildman–Crippen MR) is 59.6 cm³/mol. The normalized spacial score (nSPS) is 13.7. The molecule has 15 heavy (non-hydrogen) atoms. The Morgan fingerprint density at radius 2 is 2.00 bits per heavy atom. The van der Waals surface area contributed by atoms with Gasteiger partial charge in [0.1, 0.15) is 5.60 Å². The molecule has 90 valence electrons. The second kappa shape index (κ2) is 6.80. The number of aliphatic hydroxyl groups excluding tert-OH is 1. The first kappa shape index (κ1) is 14.4. The lowest BCUT2D eigenvalue weighted by Crippen LogP contribution is -2.27. The van der Waals surface area contributed by atoms with E-state index < -0.39 is 5.60 Å². The summed E-state index contributed by atoms with van der Waals surface area (Å²) in [6, 6.07) is 0. The highest BCUT2D eigenvalue weighted by Crippen LogP contribution is 2.07. The molecule has 0 amide bonds. The van der Waals surface area contributed by atoms with Crippen LogP contribution >= 0.6 is 0 Å². The van der Waals surface area contributed by atoms with Crippen LogP contribution in [0.4, 0.5) is 0 Å². The quantitative estimate of drug-likeness (QED) is 0.516. The first-order valence-electron chi connectivity index (χ1n) is 5.42. The van der Waals surface area contributed by atoms with Crippen LogP contribution in [0.5, 0.6) is 0 Å².